The summed E-state index contributed by atoms with van der Waals surface area (Å²) < 4.78 is 5.36. The van der Waals surface area contributed by atoms with Gasteiger partial charge in [-0.25, -0.2) is 0 Å². The summed E-state index contributed by atoms with van der Waals surface area (Å²) in [6.07, 6.45) is 0.637. The highest BCUT2D eigenvalue weighted by Gasteiger charge is 2.36. The summed E-state index contributed by atoms with van der Waals surface area (Å²) in [7, 11) is 1.50. The SMILES string of the molecule is CO[C@@H](C(=O)N1CC(C(=O)O)CCC1C)c1ccccc1. The molecule has 114 valence electrons. The number of carbonyl (C=O) groups is 2. The third kappa shape index (κ3) is 3.42. The minimum atomic E-state index is -0.839. The summed E-state index contributed by atoms with van der Waals surface area (Å²) in [5.41, 5.74) is 0.787. The molecule has 1 aromatic carbocycles. The maximum absolute atomic E-state index is 12.7. The van der Waals surface area contributed by atoms with Gasteiger partial charge >= 0.3 is 5.97 Å². The van der Waals surface area contributed by atoms with Crippen molar-refractivity contribution in [3.05, 3.63) is 35.9 Å². The van der Waals surface area contributed by atoms with E-state index in [4.69, 9.17) is 9.84 Å². The van der Waals surface area contributed by atoms with Gasteiger partial charge in [-0.1, -0.05) is 30.3 Å². The Kier molecular flexibility index (Phi) is 4.96. The van der Waals surface area contributed by atoms with Crippen molar-refractivity contribution in [2.24, 2.45) is 5.92 Å². The number of piperidine rings is 1. The topological polar surface area (TPSA) is 66.8 Å². The van der Waals surface area contributed by atoms with Crippen LogP contribution in [0.25, 0.3) is 0 Å². The van der Waals surface area contributed by atoms with Gasteiger partial charge in [0.25, 0.3) is 5.91 Å². The van der Waals surface area contributed by atoms with Crippen LogP contribution >= 0.6 is 0 Å². The number of carboxylic acids is 1. The van der Waals surface area contributed by atoms with Gasteiger partial charge in [0, 0.05) is 19.7 Å². The zero-order valence-corrected chi connectivity index (χ0v) is 12.4. The number of hydrogen-bond donors (Lipinski definition) is 1. The normalized spacial score (nSPS) is 23.6. The first-order valence-electron chi connectivity index (χ1n) is 7.15. The Morgan fingerprint density at radius 1 is 1.29 bits per heavy atom. The lowest BCUT2D eigenvalue weighted by atomic mass is 9.92. The zero-order valence-electron chi connectivity index (χ0n) is 12.4. The summed E-state index contributed by atoms with van der Waals surface area (Å²) >= 11 is 0. The molecule has 2 rings (SSSR count). The fourth-order valence-corrected chi connectivity index (χ4v) is 2.77. The molecular weight excluding hydrogens is 270 g/mol. The Balaban J connectivity index is 2.18. The van der Waals surface area contributed by atoms with Crippen molar-refractivity contribution >= 4 is 11.9 Å². The van der Waals surface area contributed by atoms with Crippen LogP contribution in [0.3, 0.4) is 0 Å². The quantitative estimate of drug-likeness (QED) is 0.922. The molecule has 0 radical (unpaired) electrons. The average molecular weight is 291 g/mol. The molecule has 0 bridgehead atoms. The van der Waals surface area contributed by atoms with Crippen molar-refractivity contribution in [3.63, 3.8) is 0 Å². The van der Waals surface area contributed by atoms with Gasteiger partial charge in [-0.05, 0) is 25.3 Å². The lowest BCUT2D eigenvalue weighted by Gasteiger charge is -2.38. The van der Waals surface area contributed by atoms with E-state index in [9.17, 15) is 9.59 Å². The van der Waals surface area contributed by atoms with Crippen molar-refractivity contribution in [2.75, 3.05) is 13.7 Å². The van der Waals surface area contributed by atoms with Gasteiger partial charge in [-0.15, -0.1) is 0 Å². The van der Waals surface area contributed by atoms with Crippen LogP contribution in [-0.4, -0.2) is 41.6 Å². The summed E-state index contributed by atoms with van der Waals surface area (Å²) in [5, 5.41) is 9.17. The lowest BCUT2D eigenvalue weighted by Crippen LogP contribution is -2.49. The van der Waals surface area contributed by atoms with Crippen molar-refractivity contribution in [1.82, 2.24) is 4.90 Å². The summed E-state index contributed by atoms with van der Waals surface area (Å²) in [6.45, 7) is 2.20. The number of hydrogen-bond acceptors (Lipinski definition) is 3. The maximum atomic E-state index is 12.7. The van der Waals surface area contributed by atoms with Crippen LogP contribution < -0.4 is 0 Å². The number of likely N-dealkylation sites (tertiary alicyclic amines) is 1. The van der Waals surface area contributed by atoms with Crippen molar-refractivity contribution in [3.8, 4) is 0 Å². The molecule has 0 spiro atoms. The van der Waals surface area contributed by atoms with E-state index in [-0.39, 0.29) is 18.5 Å². The van der Waals surface area contributed by atoms with Crippen LogP contribution in [0.5, 0.6) is 0 Å². The minimum absolute atomic E-state index is 0.0365. The number of nitrogens with zero attached hydrogens (tertiary/aromatic N) is 1. The molecule has 0 aliphatic carbocycles. The Hall–Kier alpha value is -1.88. The molecule has 21 heavy (non-hydrogen) atoms. The third-order valence-corrected chi connectivity index (χ3v) is 4.08. The molecule has 1 N–H and O–H groups in total. The van der Waals surface area contributed by atoms with Gasteiger partial charge < -0.3 is 14.7 Å². The molecule has 1 aliphatic rings. The van der Waals surface area contributed by atoms with Crippen LogP contribution in [-0.2, 0) is 14.3 Å². The monoisotopic (exact) mass is 291 g/mol. The molecule has 5 heteroatoms. The smallest absolute Gasteiger partial charge is 0.308 e. The zero-order chi connectivity index (χ0) is 15.4. The molecule has 1 aromatic rings. The molecule has 1 fully saturated rings. The molecule has 3 atom stereocenters. The molecule has 0 saturated carbocycles. The number of carboxylic acid groups (broad SMARTS) is 1. The van der Waals surface area contributed by atoms with Crippen LogP contribution in [0, 0.1) is 5.92 Å². The maximum Gasteiger partial charge on any atom is 0.308 e. The third-order valence-electron chi connectivity index (χ3n) is 4.08. The van der Waals surface area contributed by atoms with E-state index < -0.39 is 18.0 Å². The highest BCUT2D eigenvalue weighted by Crippen LogP contribution is 2.27. The van der Waals surface area contributed by atoms with Crippen LogP contribution in [0.4, 0.5) is 0 Å². The first kappa shape index (κ1) is 15.5. The van der Waals surface area contributed by atoms with Gasteiger partial charge in [0.2, 0.25) is 0 Å². The number of methoxy groups -OCH3 is 1. The van der Waals surface area contributed by atoms with Crippen molar-refractivity contribution < 1.29 is 19.4 Å². The minimum Gasteiger partial charge on any atom is -0.481 e. The number of benzene rings is 1. The van der Waals surface area contributed by atoms with E-state index in [1.807, 2.05) is 37.3 Å². The van der Waals surface area contributed by atoms with E-state index >= 15 is 0 Å². The fourth-order valence-electron chi connectivity index (χ4n) is 2.77. The Morgan fingerprint density at radius 3 is 2.52 bits per heavy atom. The summed E-state index contributed by atoms with van der Waals surface area (Å²) in [5.74, 6) is -1.49. The first-order chi connectivity index (χ1) is 10.0. The second kappa shape index (κ2) is 6.72. The van der Waals surface area contributed by atoms with E-state index in [0.717, 1.165) is 5.56 Å². The van der Waals surface area contributed by atoms with E-state index in [0.29, 0.717) is 12.8 Å². The van der Waals surface area contributed by atoms with Crippen LogP contribution in [0.15, 0.2) is 30.3 Å². The number of aliphatic carboxylic acids is 1. The molecular formula is C16H21NO4. The van der Waals surface area contributed by atoms with E-state index in [1.165, 1.54) is 7.11 Å². The second-order valence-corrected chi connectivity index (χ2v) is 5.48. The molecule has 1 amide bonds. The largest absolute Gasteiger partial charge is 0.481 e. The summed E-state index contributed by atoms with van der Waals surface area (Å²) in [6, 6.07) is 9.31. The van der Waals surface area contributed by atoms with Gasteiger partial charge in [-0.2, -0.15) is 0 Å². The highest BCUT2D eigenvalue weighted by atomic mass is 16.5. The second-order valence-electron chi connectivity index (χ2n) is 5.48. The molecule has 5 nitrogen and oxygen atoms in total. The number of amides is 1. The first-order valence-corrected chi connectivity index (χ1v) is 7.15. The van der Waals surface area contributed by atoms with E-state index in [1.54, 1.807) is 4.90 Å². The molecule has 1 heterocycles. The predicted octanol–water partition coefficient (Wildman–Crippen LogP) is 2.09. The predicted molar refractivity (Wildman–Crippen MR) is 77.7 cm³/mol. The van der Waals surface area contributed by atoms with Crippen molar-refractivity contribution in [1.29, 1.82) is 0 Å². The van der Waals surface area contributed by atoms with Gasteiger partial charge in [0.1, 0.15) is 0 Å². The van der Waals surface area contributed by atoms with Gasteiger partial charge in [0.05, 0.1) is 5.92 Å². The number of carbonyl (C=O) groups excluding carboxylic acids is 1. The van der Waals surface area contributed by atoms with Crippen molar-refractivity contribution in [2.45, 2.75) is 31.9 Å². The standard InChI is InChI=1S/C16H21NO4/c1-11-8-9-13(16(19)20)10-17(11)15(18)14(21-2)12-6-4-3-5-7-12/h3-7,11,13-14H,8-10H2,1-2H3,(H,19,20)/t11?,13?,14-/m1/s1. The molecule has 1 saturated heterocycles. The van der Waals surface area contributed by atoms with Crippen LogP contribution in [0.2, 0.25) is 0 Å². The lowest BCUT2D eigenvalue weighted by molar-refractivity contribution is -0.152. The van der Waals surface area contributed by atoms with Crippen LogP contribution in [0.1, 0.15) is 31.4 Å². The Bertz CT molecular complexity index is 502. The Labute approximate surface area is 124 Å². The number of ether oxygens (including phenoxy) is 1. The molecule has 0 aromatic heterocycles. The number of rotatable bonds is 4. The fraction of sp³-hybridized carbons (Fsp3) is 0.500. The summed E-state index contributed by atoms with van der Waals surface area (Å²) in [4.78, 5) is 25.5. The average Bonchev–Trinajstić information content (AvgIpc) is 2.49. The van der Waals surface area contributed by atoms with E-state index in [2.05, 4.69) is 0 Å². The molecule has 1 aliphatic heterocycles. The van der Waals surface area contributed by atoms with Gasteiger partial charge in [0.15, 0.2) is 6.10 Å². The molecule has 2 unspecified atom stereocenters. The van der Waals surface area contributed by atoms with Gasteiger partial charge in [-0.3, -0.25) is 9.59 Å². The Morgan fingerprint density at radius 2 is 1.95 bits per heavy atom. The highest BCUT2D eigenvalue weighted by molar-refractivity contribution is 5.83.